The Labute approximate surface area is 154 Å². The van der Waals surface area contributed by atoms with E-state index < -0.39 is 0 Å². The minimum atomic E-state index is 0.533. The van der Waals surface area contributed by atoms with Crippen LogP contribution in [0.1, 0.15) is 36.6 Å². The summed E-state index contributed by atoms with van der Waals surface area (Å²) in [6, 6.07) is 19.0. The smallest absolute Gasteiger partial charge is 0.118 e. The molecule has 1 atom stereocenters. The number of benzene rings is 2. The molecule has 1 aliphatic rings. The van der Waals surface area contributed by atoms with E-state index in [9.17, 15) is 0 Å². The Balaban J connectivity index is 1.80. The van der Waals surface area contributed by atoms with Gasteiger partial charge in [0.05, 0.1) is 18.5 Å². The summed E-state index contributed by atoms with van der Waals surface area (Å²) in [6.45, 7) is 2.08. The standard InChI is InChI=1S/C23H24N2O/c1-17-16-23(19-8-4-3-5-9-19)25(24-17)22-11-7-6-10-21(22)18-12-14-20(26-2)15-13-18/h3-4,6-7,10-16,19H,5,8-9H2,1-2H3. The van der Waals surface area contributed by atoms with Crippen LogP contribution in [0.2, 0.25) is 0 Å². The fourth-order valence-corrected chi connectivity index (χ4v) is 3.74. The fourth-order valence-electron chi connectivity index (χ4n) is 3.74. The molecule has 2 aromatic carbocycles. The lowest BCUT2D eigenvalue weighted by Crippen LogP contribution is -2.10. The van der Waals surface area contributed by atoms with Gasteiger partial charge in [0, 0.05) is 17.2 Å². The first-order valence-corrected chi connectivity index (χ1v) is 9.21. The number of aromatic nitrogens is 2. The number of allylic oxidation sites excluding steroid dienone is 2. The zero-order valence-electron chi connectivity index (χ0n) is 15.4. The third-order valence-corrected chi connectivity index (χ3v) is 5.08. The first-order valence-electron chi connectivity index (χ1n) is 9.21. The molecule has 132 valence electrons. The maximum Gasteiger partial charge on any atom is 0.118 e. The molecule has 3 nitrogen and oxygen atoms in total. The predicted octanol–water partition coefficient (Wildman–Crippen LogP) is 5.68. The van der Waals surface area contributed by atoms with Gasteiger partial charge in [-0.15, -0.1) is 0 Å². The van der Waals surface area contributed by atoms with Crippen LogP contribution < -0.4 is 4.74 Å². The van der Waals surface area contributed by atoms with Crippen molar-refractivity contribution in [1.82, 2.24) is 9.78 Å². The Morgan fingerprint density at radius 3 is 2.58 bits per heavy atom. The number of hydrogen-bond acceptors (Lipinski definition) is 2. The summed E-state index contributed by atoms with van der Waals surface area (Å²) >= 11 is 0. The van der Waals surface area contributed by atoms with E-state index in [2.05, 4.69) is 66.2 Å². The van der Waals surface area contributed by atoms with E-state index in [-0.39, 0.29) is 0 Å². The molecule has 26 heavy (non-hydrogen) atoms. The lowest BCUT2D eigenvalue weighted by Gasteiger charge is -2.20. The van der Waals surface area contributed by atoms with E-state index in [4.69, 9.17) is 9.84 Å². The minimum Gasteiger partial charge on any atom is -0.497 e. The lowest BCUT2D eigenvalue weighted by molar-refractivity contribution is 0.415. The molecule has 0 N–H and O–H groups in total. The van der Waals surface area contributed by atoms with Gasteiger partial charge in [-0.1, -0.05) is 42.5 Å². The van der Waals surface area contributed by atoms with Gasteiger partial charge in [0.1, 0.15) is 5.75 Å². The van der Waals surface area contributed by atoms with Crippen LogP contribution in [0.15, 0.2) is 66.7 Å². The average Bonchev–Trinajstić information content (AvgIpc) is 3.10. The number of methoxy groups -OCH3 is 1. The summed E-state index contributed by atoms with van der Waals surface area (Å²) in [6.07, 6.45) is 8.02. The van der Waals surface area contributed by atoms with E-state index in [1.165, 1.54) is 23.2 Å². The van der Waals surface area contributed by atoms with E-state index >= 15 is 0 Å². The maximum atomic E-state index is 5.30. The number of para-hydroxylation sites is 1. The highest BCUT2D eigenvalue weighted by molar-refractivity contribution is 5.73. The Morgan fingerprint density at radius 2 is 1.85 bits per heavy atom. The molecule has 0 aliphatic heterocycles. The van der Waals surface area contributed by atoms with Gasteiger partial charge in [0.15, 0.2) is 0 Å². The largest absolute Gasteiger partial charge is 0.497 e. The molecule has 0 spiro atoms. The molecule has 0 saturated carbocycles. The van der Waals surface area contributed by atoms with E-state index in [0.717, 1.165) is 30.0 Å². The van der Waals surface area contributed by atoms with Gasteiger partial charge in [0.25, 0.3) is 0 Å². The van der Waals surface area contributed by atoms with Crippen LogP contribution in [0.4, 0.5) is 0 Å². The molecule has 1 aliphatic carbocycles. The Kier molecular flexibility index (Phi) is 4.61. The first-order chi connectivity index (χ1) is 12.8. The topological polar surface area (TPSA) is 27.1 Å². The third-order valence-electron chi connectivity index (χ3n) is 5.08. The van der Waals surface area contributed by atoms with Crippen molar-refractivity contribution >= 4 is 0 Å². The number of ether oxygens (including phenoxy) is 1. The number of aryl methyl sites for hydroxylation is 1. The second-order valence-corrected chi connectivity index (χ2v) is 6.85. The average molecular weight is 344 g/mol. The van der Waals surface area contributed by atoms with Crippen LogP contribution in [0, 0.1) is 6.92 Å². The summed E-state index contributed by atoms with van der Waals surface area (Å²) in [5.41, 5.74) is 5.87. The summed E-state index contributed by atoms with van der Waals surface area (Å²) in [5, 5.41) is 4.84. The molecule has 0 fully saturated rings. The minimum absolute atomic E-state index is 0.533. The van der Waals surface area contributed by atoms with Crippen molar-refractivity contribution in [3.05, 3.63) is 78.1 Å². The highest BCUT2D eigenvalue weighted by atomic mass is 16.5. The highest BCUT2D eigenvalue weighted by Crippen LogP contribution is 2.34. The van der Waals surface area contributed by atoms with Gasteiger partial charge in [-0.2, -0.15) is 5.10 Å². The van der Waals surface area contributed by atoms with Gasteiger partial charge in [-0.3, -0.25) is 0 Å². The monoisotopic (exact) mass is 344 g/mol. The number of nitrogens with zero attached hydrogens (tertiary/aromatic N) is 2. The summed E-state index contributed by atoms with van der Waals surface area (Å²) in [5.74, 6) is 1.40. The summed E-state index contributed by atoms with van der Waals surface area (Å²) < 4.78 is 7.45. The molecule has 3 heteroatoms. The van der Waals surface area contributed by atoms with E-state index in [1.54, 1.807) is 7.11 Å². The highest BCUT2D eigenvalue weighted by Gasteiger charge is 2.20. The fraction of sp³-hybridized carbons (Fsp3) is 0.261. The van der Waals surface area contributed by atoms with Crippen LogP contribution in [0.25, 0.3) is 16.8 Å². The zero-order chi connectivity index (χ0) is 17.9. The molecule has 0 amide bonds. The Hall–Kier alpha value is -2.81. The molecule has 0 radical (unpaired) electrons. The van der Waals surface area contributed by atoms with Crippen molar-refractivity contribution < 1.29 is 4.74 Å². The molecule has 3 aromatic rings. The summed E-state index contributed by atoms with van der Waals surface area (Å²) in [7, 11) is 1.69. The molecule has 0 bridgehead atoms. The molecule has 0 saturated heterocycles. The van der Waals surface area contributed by atoms with Crippen LogP contribution in [-0.4, -0.2) is 16.9 Å². The van der Waals surface area contributed by atoms with Crippen LogP contribution in [0.5, 0.6) is 5.75 Å². The van der Waals surface area contributed by atoms with Crippen molar-refractivity contribution in [1.29, 1.82) is 0 Å². The first kappa shape index (κ1) is 16.6. The zero-order valence-corrected chi connectivity index (χ0v) is 15.4. The normalized spacial score (nSPS) is 16.6. The van der Waals surface area contributed by atoms with Gasteiger partial charge in [-0.25, -0.2) is 4.68 Å². The Morgan fingerprint density at radius 1 is 1.04 bits per heavy atom. The van der Waals surface area contributed by atoms with Gasteiger partial charge in [-0.05, 0) is 56.0 Å². The quantitative estimate of drug-likeness (QED) is 0.569. The van der Waals surface area contributed by atoms with E-state index in [1.807, 2.05) is 12.1 Å². The SMILES string of the molecule is COc1ccc(-c2ccccc2-n2nc(C)cc2C2CC=CCC2)cc1. The summed E-state index contributed by atoms with van der Waals surface area (Å²) in [4.78, 5) is 0. The second kappa shape index (κ2) is 7.20. The van der Waals surface area contributed by atoms with Crippen molar-refractivity contribution in [2.75, 3.05) is 7.11 Å². The number of hydrogen-bond donors (Lipinski definition) is 0. The van der Waals surface area contributed by atoms with Crippen LogP contribution >= 0.6 is 0 Å². The molecule has 1 aromatic heterocycles. The maximum absolute atomic E-state index is 5.30. The van der Waals surface area contributed by atoms with Crippen molar-refractivity contribution in [3.8, 4) is 22.6 Å². The molecular weight excluding hydrogens is 320 g/mol. The van der Waals surface area contributed by atoms with Crippen molar-refractivity contribution in [2.24, 2.45) is 0 Å². The third kappa shape index (κ3) is 3.17. The van der Waals surface area contributed by atoms with E-state index in [0.29, 0.717) is 5.92 Å². The Bertz CT molecular complexity index is 922. The molecular formula is C23H24N2O. The van der Waals surface area contributed by atoms with Gasteiger partial charge < -0.3 is 4.74 Å². The predicted molar refractivity (Wildman–Crippen MR) is 106 cm³/mol. The van der Waals surface area contributed by atoms with Crippen molar-refractivity contribution in [3.63, 3.8) is 0 Å². The second-order valence-electron chi connectivity index (χ2n) is 6.85. The van der Waals surface area contributed by atoms with Gasteiger partial charge >= 0.3 is 0 Å². The molecule has 1 unspecified atom stereocenters. The van der Waals surface area contributed by atoms with Gasteiger partial charge in [0.2, 0.25) is 0 Å². The van der Waals surface area contributed by atoms with Crippen LogP contribution in [0.3, 0.4) is 0 Å². The van der Waals surface area contributed by atoms with Crippen molar-refractivity contribution in [2.45, 2.75) is 32.1 Å². The van der Waals surface area contributed by atoms with Crippen LogP contribution in [-0.2, 0) is 0 Å². The number of rotatable bonds is 4. The molecule has 4 rings (SSSR count). The molecule has 1 heterocycles. The lowest BCUT2D eigenvalue weighted by atomic mass is 9.91.